The molecule has 1 heterocycles. The first-order chi connectivity index (χ1) is 9.47. The number of nitrogens with one attached hydrogen (secondary N) is 1. The van der Waals surface area contributed by atoms with Crippen molar-refractivity contribution in [3.05, 3.63) is 34.9 Å². The maximum Gasteiger partial charge on any atom is 0.254 e. The van der Waals surface area contributed by atoms with Gasteiger partial charge in [0.05, 0.1) is 0 Å². The maximum absolute atomic E-state index is 12.8. The zero-order chi connectivity index (χ0) is 14.7. The predicted octanol–water partition coefficient (Wildman–Crippen LogP) is 2.91. The normalized spacial score (nSPS) is 18.6. The third-order valence-corrected chi connectivity index (χ3v) is 3.93. The fourth-order valence-electron chi connectivity index (χ4n) is 2.94. The molecular weight excluding hydrogens is 248 g/mol. The van der Waals surface area contributed by atoms with Gasteiger partial charge in [0.2, 0.25) is 0 Å². The van der Waals surface area contributed by atoms with E-state index >= 15 is 0 Å². The van der Waals surface area contributed by atoms with Gasteiger partial charge in [0.25, 0.3) is 5.91 Å². The number of amides is 1. The molecule has 1 saturated heterocycles. The molecule has 0 bridgehead atoms. The Kier molecular flexibility index (Phi) is 4.81. The Hall–Kier alpha value is -1.35. The van der Waals surface area contributed by atoms with Crippen LogP contribution in [0, 0.1) is 13.8 Å². The molecule has 20 heavy (non-hydrogen) atoms. The van der Waals surface area contributed by atoms with Crippen molar-refractivity contribution in [1.82, 2.24) is 10.2 Å². The standard InChI is InChI=1S/C17H26N2O/c1-12(2)19(11-16-6-5-7-18-16)17(20)15-9-13(3)8-14(4)10-15/h8-10,12,16,18H,5-7,11H2,1-4H3. The molecule has 1 aliphatic heterocycles. The van der Waals surface area contributed by atoms with E-state index in [0.29, 0.717) is 6.04 Å². The van der Waals surface area contributed by atoms with E-state index in [2.05, 4.69) is 25.2 Å². The minimum Gasteiger partial charge on any atom is -0.335 e. The van der Waals surface area contributed by atoms with E-state index in [1.54, 1.807) is 0 Å². The molecule has 3 heteroatoms. The van der Waals surface area contributed by atoms with Crippen LogP contribution in [0.15, 0.2) is 18.2 Å². The number of benzene rings is 1. The van der Waals surface area contributed by atoms with Gasteiger partial charge in [-0.25, -0.2) is 0 Å². The van der Waals surface area contributed by atoms with E-state index in [4.69, 9.17) is 0 Å². The molecule has 1 aliphatic rings. The maximum atomic E-state index is 12.8. The Morgan fingerprint density at radius 2 is 1.95 bits per heavy atom. The molecule has 1 aromatic carbocycles. The molecule has 1 atom stereocenters. The molecule has 0 spiro atoms. The molecule has 0 radical (unpaired) electrons. The second-order valence-electron chi connectivity index (χ2n) is 6.22. The highest BCUT2D eigenvalue weighted by Crippen LogP contribution is 2.16. The molecule has 0 aromatic heterocycles. The van der Waals surface area contributed by atoms with Gasteiger partial charge >= 0.3 is 0 Å². The second-order valence-corrected chi connectivity index (χ2v) is 6.22. The van der Waals surface area contributed by atoms with Crippen LogP contribution in [-0.2, 0) is 0 Å². The summed E-state index contributed by atoms with van der Waals surface area (Å²) in [5.74, 6) is 0.153. The van der Waals surface area contributed by atoms with Crippen LogP contribution in [0.3, 0.4) is 0 Å². The van der Waals surface area contributed by atoms with Gasteiger partial charge in [0, 0.05) is 24.2 Å². The molecule has 1 unspecified atom stereocenters. The predicted molar refractivity (Wildman–Crippen MR) is 83.1 cm³/mol. The number of hydrogen-bond donors (Lipinski definition) is 1. The highest BCUT2D eigenvalue weighted by atomic mass is 16.2. The molecule has 0 saturated carbocycles. The first-order valence-electron chi connectivity index (χ1n) is 7.60. The first kappa shape index (κ1) is 15.0. The molecule has 1 N–H and O–H groups in total. The summed E-state index contributed by atoms with van der Waals surface area (Å²) in [5.41, 5.74) is 3.11. The molecule has 3 nitrogen and oxygen atoms in total. The van der Waals surface area contributed by atoms with Gasteiger partial charge in [-0.05, 0) is 59.2 Å². The molecule has 110 valence electrons. The third-order valence-electron chi connectivity index (χ3n) is 3.93. The summed E-state index contributed by atoms with van der Waals surface area (Å²) in [7, 11) is 0. The Morgan fingerprint density at radius 3 is 2.45 bits per heavy atom. The lowest BCUT2D eigenvalue weighted by atomic mass is 10.1. The third kappa shape index (κ3) is 3.60. The highest BCUT2D eigenvalue weighted by molar-refractivity contribution is 5.94. The van der Waals surface area contributed by atoms with Crippen LogP contribution in [0.5, 0.6) is 0 Å². The van der Waals surface area contributed by atoms with Crippen LogP contribution in [0.1, 0.15) is 48.2 Å². The summed E-state index contributed by atoms with van der Waals surface area (Å²) in [6.45, 7) is 10.2. The zero-order valence-corrected chi connectivity index (χ0v) is 13.1. The van der Waals surface area contributed by atoms with Crippen molar-refractivity contribution >= 4 is 5.91 Å². The van der Waals surface area contributed by atoms with Crippen LogP contribution in [0.25, 0.3) is 0 Å². The second kappa shape index (κ2) is 6.40. The van der Waals surface area contributed by atoms with Crippen molar-refractivity contribution in [2.45, 2.75) is 52.6 Å². The van der Waals surface area contributed by atoms with Gasteiger partial charge in [-0.2, -0.15) is 0 Å². The van der Waals surface area contributed by atoms with Crippen molar-refractivity contribution in [2.75, 3.05) is 13.1 Å². The van der Waals surface area contributed by atoms with Crippen LogP contribution in [0.4, 0.5) is 0 Å². The zero-order valence-electron chi connectivity index (χ0n) is 13.1. The topological polar surface area (TPSA) is 32.3 Å². The lowest BCUT2D eigenvalue weighted by Crippen LogP contribution is -2.44. The summed E-state index contributed by atoms with van der Waals surface area (Å²) in [5, 5.41) is 3.48. The smallest absolute Gasteiger partial charge is 0.254 e. The molecule has 1 amide bonds. The monoisotopic (exact) mass is 274 g/mol. The highest BCUT2D eigenvalue weighted by Gasteiger charge is 2.24. The number of hydrogen-bond acceptors (Lipinski definition) is 2. The largest absolute Gasteiger partial charge is 0.335 e. The van der Waals surface area contributed by atoms with Crippen molar-refractivity contribution in [3.8, 4) is 0 Å². The average Bonchev–Trinajstić information content (AvgIpc) is 2.86. The molecule has 2 rings (SSSR count). The Balaban J connectivity index is 2.17. The van der Waals surface area contributed by atoms with Crippen LogP contribution in [0.2, 0.25) is 0 Å². The van der Waals surface area contributed by atoms with Crippen molar-refractivity contribution in [2.24, 2.45) is 0 Å². The molecule has 1 aromatic rings. The summed E-state index contributed by atoms with van der Waals surface area (Å²) in [4.78, 5) is 14.8. The van der Waals surface area contributed by atoms with E-state index in [1.165, 1.54) is 12.8 Å². The fraction of sp³-hybridized carbons (Fsp3) is 0.588. The van der Waals surface area contributed by atoms with Crippen LogP contribution >= 0.6 is 0 Å². The Morgan fingerprint density at radius 1 is 1.30 bits per heavy atom. The molecular formula is C17H26N2O. The number of aryl methyl sites for hydroxylation is 2. The SMILES string of the molecule is Cc1cc(C)cc(C(=O)N(CC2CCCN2)C(C)C)c1. The molecule has 1 fully saturated rings. The van der Waals surface area contributed by atoms with Crippen LogP contribution in [-0.4, -0.2) is 36.0 Å². The van der Waals surface area contributed by atoms with Crippen molar-refractivity contribution in [1.29, 1.82) is 0 Å². The van der Waals surface area contributed by atoms with Crippen LogP contribution < -0.4 is 5.32 Å². The van der Waals surface area contributed by atoms with E-state index in [1.807, 2.05) is 30.9 Å². The summed E-state index contributed by atoms with van der Waals surface area (Å²) < 4.78 is 0. The van der Waals surface area contributed by atoms with Gasteiger partial charge in [-0.1, -0.05) is 17.2 Å². The average molecular weight is 274 g/mol. The Bertz CT molecular complexity index is 456. The van der Waals surface area contributed by atoms with Gasteiger partial charge < -0.3 is 10.2 Å². The van der Waals surface area contributed by atoms with E-state index < -0.39 is 0 Å². The first-order valence-corrected chi connectivity index (χ1v) is 7.60. The number of carbonyl (C=O) groups excluding carboxylic acids is 1. The van der Waals surface area contributed by atoms with Gasteiger partial charge in [-0.3, -0.25) is 4.79 Å². The van der Waals surface area contributed by atoms with E-state index in [-0.39, 0.29) is 11.9 Å². The number of nitrogens with zero attached hydrogens (tertiary/aromatic N) is 1. The van der Waals surface area contributed by atoms with Crippen molar-refractivity contribution in [3.63, 3.8) is 0 Å². The summed E-state index contributed by atoms with van der Waals surface area (Å²) in [6.07, 6.45) is 2.39. The van der Waals surface area contributed by atoms with Gasteiger partial charge in [0.1, 0.15) is 0 Å². The van der Waals surface area contributed by atoms with E-state index in [0.717, 1.165) is 29.8 Å². The quantitative estimate of drug-likeness (QED) is 0.915. The van der Waals surface area contributed by atoms with Crippen molar-refractivity contribution < 1.29 is 4.79 Å². The van der Waals surface area contributed by atoms with E-state index in [9.17, 15) is 4.79 Å². The minimum absolute atomic E-state index is 0.153. The summed E-state index contributed by atoms with van der Waals surface area (Å²) >= 11 is 0. The number of carbonyl (C=O) groups is 1. The lowest BCUT2D eigenvalue weighted by Gasteiger charge is -2.30. The number of rotatable bonds is 4. The minimum atomic E-state index is 0.153. The van der Waals surface area contributed by atoms with Gasteiger partial charge in [0.15, 0.2) is 0 Å². The molecule has 0 aliphatic carbocycles. The van der Waals surface area contributed by atoms with Gasteiger partial charge in [-0.15, -0.1) is 0 Å². The Labute approximate surface area is 122 Å². The lowest BCUT2D eigenvalue weighted by molar-refractivity contribution is 0.0689. The fourth-order valence-corrected chi connectivity index (χ4v) is 2.94. The summed E-state index contributed by atoms with van der Waals surface area (Å²) in [6, 6.07) is 6.77.